The zero-order valence-electron chi connectivity index (χ0n) is 23.5. The molecule has 202 valence electrons. The van der Waals surface area contributed by atoms with Crippen molar-refractivity contribution in [1.29, 1.82) is 0 Å². The molecule has 0 spiro atoms. The molecule has 2 aromatic carbocycles. The van der Waals surface area contributed by atoms with Gasteiger partial charge in [0.05, 0.1) is 5.02 Å². The van der Waals surface area contributed by atoms with Crippen LogP contribution in [0.15, 0.2) is 23.2 Å². The van der Waals surface area contributed by atoms with Gasteiger partial charge < -0.3 is 9.80 Å². The molecule has 1 unspecified atom stereocenters. The average molecular weight is 537 g/mol. The van der Waals surface area contributed by atoms with E-state index in [1.165, 1.54) is 0 Å². The number of aliphatic imine (C=N–C) groups is 1. The zero-order chi connectivity index (χ0) is 27.3. The first-order chi connectivity index (χ1) is 18.1. The van der Waals surface area contributed by atoms with Crippen molar-refractivity contribution in [3.63, 3.8) is 0 Å². The first kappa shape index (κ1) is 27.0. The van der Waals surface area contributed by atoms with Gasteiger partial charge in [-0.15, -0.1) is 0 Å². The van der Waals surface area contributed by atoms with Gasteiger partial charge in [0.2, 0.25) is 0 Å². The van der Waals surface area contributed by atoms with Gasteiger partial charge in [0, 0.05) is 80.5 Å². The van der Waals surface area contributed by atoms with Crippen LogP contribution in [0.1, 0.15) is 49.2 Å². The van der Waals surface area contributed by atoms with Crippen molar-refractivity contribution in [3.05, 3.63) is 51.6 Å². The number of likely N-dealkylation sites (N-methyl/N-ethyl adjacent to an activating group) is 1. The lowest BCUT2D eigenvalue weighted by atomic mass is 9.91. The summed E-state index contributed by atoms with van der Waals surface area (Å²) >= 11 is 6.92. The van der Waals surface area contributed by atoms with Crippen LogP contribution in [0.2, 0.25) is 5.02 Å². The molecule has 0 amide bonds. The Kier molecular flexibility index (Phi) is 7.46. The lowest BCUT2D eigenvalue weighted by Gasteiger charge is -2.42. The highest BCUT2D eigenvalue weighted by molar-refractivity contribution is 6.34. The second-order valence-corrected chi connectivity index (χ2v) is 11.7. The molecular weight excluding hydrogens is 499 g/mol. The molecule has 0 N–H and O–H groups in total. The Labute approximate surface area is 230 Å². The van der Waals surface area contributed by atoms with Crippen LogP contribution < -0.4 is 4.90 Å². The topological polar surface area (TPSA) is 47.9 Å². The molecule has 5 rings (SSSR count). The molecule has 3 heterocycles. The standard InChI is InChI=1S/C30H38ClFN6/c1-17(2)38-15-21(16-38)29-34-28-22(30(35-29)37-11-10-36(7)20(5)14-37)12-24(31)26(27(28)32)25-19(4)9-8-18(3)23(25)13-33-6/h8-9,12-13,17,20-21H,10-11,14-16H2,1-7H3. The maximum absolute atomic E-state index is 16.7. The van der Waals surface area contributed by atoms with Crippen molar-refractivity contribution < 1.29 is 4.39 Å². The highest BCUT2D eigenvalue weighted by Crippen LogP contribution is 2.42. The summed E-state index contributed by atoms with van der Waals surface area (Å²) in [6, 6.07) is 6.74. The number of likely N-dealkylation sites (tertiary alicyclic amines) is 1. The largest absolute Gasteiger partial charge is 0.353 e. The van der Waals surface area contributed by atoms with Gasteiger partial charge in [-0.25, -0.2) is 14.4 Å². The number of aromatic nitrogens is 2. The second kappa shape index (κ2) is 10.5. The fraction of sp³-hybridized carbons (Fsp3) is 0.500. The Morgan fingerprint density at radius 2 is 1.79 bits per heavy atom. The molecule has 2 fully saturated rings. The summed E-state index contributed by atoms with van der Waals surface area (Å²) in [7, 11) is 3.87. The van der Waals surface area contributed by atoms with Gasteiger partial charge in [-0.05, 0) is 64.4 Å². The van der Waals surface area contributed by atoms with Crippen LogP contribution in [-0.2, 0) is 0 Å². The van der Waals surface area contributed by atoms with Gasteiger partial charge in [-0.1, -0.05) is 23.7 Å². The van der Waals surface area contributed by atoms with Crippen molar-refractivity contribution in [3.8, 4) is 11.1 Å². The third-order valence-electron chi connectivity index (χ3n) is 8.32. The van der Waals surface area contributed by atoms with Crippen LogP contribution in [0.25, 0.3) is 22.0 Å². The summed E-state index contributed by atoms with van der Waals surface area (Å²) in [6.45, 7) is 14.9. The van der Waals surface area contributed by atoms with E-state index in [9.17, 15) is 0 Å². The summed E-state index contributed by atoms with van der Waals surface area (Å²) in [5.74, 6) is 1.31. The molecule has 0 saturated carbocycles. The van der Waals surface area contributed by atoms with Crippen molar-refractivity contribution in [2.45, 2.75) is 52.6 Å². The number of nitrogens with zero attached hydrogens (tertiary/aromatic N) is 6. The number of benzene rings is 2. The Morgan fingerprint density at radius 3 is 2.45 bits per heavy atom. The van der Waals surface area contributed by atoms with Gasteiger partial charge in [0.1, 0.15) is 17.2 Å². The monoisotopic (exact) mass is 536 g/mol. The first-order valence-corrected chi connectivity index (χ1v) is 13.9. The van der Waals surface area contributed by atoms with E-state index in [-0.39, 0.29) is 11.7 Å². The van der Waals surface area contributed by atoms with E-state index in [0.29, 0.717) is 33.6 Å². The molecule has 38 heavy (non-hydrogen) atoms. The second-order valence-electron chi connectivity index (χ2n) is 11.2. The third-order valence-corrected chi connectivity index (χ3v) is 8.62. The van der Waals surface area contributed by atoms with Crippen molar-refractivity contribution in [2.24, 2.45) is 4.99 Å². The quantitative estimate of drug-likeness (QED) is 0.391. The number of piperazine rings is 1. The normalized spacial score (nSPS) is 19.7. The predicted molar refractivity (Wildman–Crippen MR) is 157 cm³/mol. The minimum atomic E-state index is -0.390. The third kappa shape index (κ3) is 4.69. The summed E-state index contributed by atoms with van der Waals surface area (Å²) in [4.78, 5) is 21.2. The molecule has 2 aliphatic heterocycles. The van der Waals surface area contributed by atoms with E-state index < -0.39 is 0 Å². The number of rotatable bonds is 5. The van der Waals surface area contributed by atoms with Crippen LogP contribution in [0.3, 0.4) is 0 Å². The number of aryl methyl sites for hydroxylation is 2. The number of hydrogen-bond donors (Lipinski definition) is 0. The SMILES string of the molecule is CN=Cc1c(C)ccc(C)c1-c1c(Cl)cc2c(N3CCN(C)C(C)C3)nc(C3CN(C(C)C)C3)nc2c1F. The van der Waals surface area contributed by atoms with Crippen molar-refractivity contribution >= 4 is 34.5 Å². The highest BCUT2D eigenvalue weighted by Gasteiger charge is 2.34. The smallest absolute Gasteiger partial charge is 0.158 e. The maximum Gasteiger partial charge on any atom is 0.158 e. The number of fused-ring (bicyclic) bond motifs is 1. The molecule has 2 aliphatic rings. The Morgan fingerprint density at radius 1 is 1.08 bits per heavy atom. The van der Waals surface area contributed by atoms with E-state index in [2.05, 4.69) is 47.5 Å². The first-order valence-electron chi connectivity index (χ1n) is 13.5. The van der Waals surface area contributed by atoms with Crippen LogP contribution in [0.5, 0.6) is 0 Å². The predicted octanol–water partition coefficient (Wildman–Crippen LogP) is 5.70. The lowest BCUT2D eigenvalue weighted by Crippen LogP contribution is -2.51. The van der Waals surface area contributed by atoms with E-state index >= 15 is 4.39 Å². The zero-order valence-corrected chi connectivity index (χ0v) is 24.3. The van der Waals surface area contributed by atoms with Crippen LogP contribution >= 0.6 is 11.6 Å². The number of halogens is 2. The molecule has 0 radical (unpaired) electrons. The van der Waals surface area contributed by atoms with E-state index in [4.69, 9.17) is 21.6 Å². The number of anilines is 1. The molecule has 2 saturated heterocycles. The Bertz CT molecular complexity index is 1400. The van der Waals surface area contributed by atoms with Crippen molar-refractivity contribution in [2.75, 3.05) is 51.7 Å². The highest BCUT2D eigenvalue weighted by atomic mass is 35.5. The maximum atomic E-state index is 16.7. The van der Waals surface area contributed by atoms with Gasteiger partial charge in [-0.2, -0.15) is 0 Å². The van der Waals surface area contributed by atoms with Crippen LogP contribution in [-0.4, -0.2) is 84.9 Å². The molecule has 1 aromatic heterocycles. The van der Waals surface area contributed by atoms with Crippen LogP contribution in [0, 0.1) is 19.7 Å². The molecule has 0 bridgehead atoms. The van der Waals surface area contributed by atoms with Gasteiger partial charge in [0.15, 0.2) is 5.82 Å². The van der Waals surface area contributed by atoms with Crippen LogP contribution in [0.4, 0.5) is 10.2 Å². The van der Waals surface area contributed by atoms with Gasteiger partial charge in [-0.3, -0.25) is 9.89 Å². The van der Waals surface area contributed by atoms with E-state index in [0.717, 1.165) is 66.6 Å². The molecule has 3 aromatic rings. The molecular formula is C30H38ClFN6. The Balaban J connectivity index is 1.73. The summed E-state index contributed by atoms with van der Waals surface area (Å²) in [6.07, 6.45) is 1.79. The van der Waals surface area contributed by atoms with E-state index in [1.807, 2.05) is 32.0 Å². The van der Waals surface area contributed by atoms with Gasteiger partial charge in [0.25, 0.3) is 0 Å². The molecule has 1 atom stereocenters. The minimum absolute atomic E-state index is 0.187. The summed E-state index contributed by atoms with van der Waals surface area (Å²) < 4.78 is 16.7. The summed E-state index contributed by atoms with van der Waals surface area (Å²) in [5.41, 5.74) is 4.34. The average Bonchev–Trinajstić information content (AvgIpc) is 2.83. The fourth-order valence-electron chi connectivity index (χ4n) is 5.65. The van der Waals surface area contributed by atoms with Gasteiger partial charge >= 0.3 is 0 Å². The number of hydrogen-bond acceptors (Lipinski definition) is 6. The minimum Gasteiger partial charge on any atom is -0.353 e. The Hall–Kier alpha value is -2.61. The van der Waals surface area contributed by atoms with E-state index in [1.54, 1.807) is 13.3 Å². The molecule has 0 aliphatic carbocycles. The summed E-state index contributed by atoms with van der Waals surface area (Å²) in [5, 5.41) is 1.04. The lowest BCUT2D eigenvalue weighted by molar-refractivity contribution is 0.106. The molecule has 8 heteroatoms. The fourth-order valence-corrected chi connectivity index (χ4v) is 5.93. The molecule has 6 nitrogen and oxygen atoms in total. The van der Waals surface area contributed by atoms with Crippen molar-refractivity contribution in [1.82, 2.24) is 19.8 Å².